The van der Waals surface area contributed by atoms with Gasteiger partial charge in [-0.25, -0.2) is 4.79 Å². The largest absolute Gasteiger partial charge is 0.497 e. The molecule has 2 heterocycles. The van der Waals surface area contributed by atoms with Crippen molar-refractivity contribution in [1.82, 2.24) is 9.47 Å². The molecule has 0 atom stereocenters. The second kappa shape index (κ2) is 10.9. The maximum Gasteiger partial charge on any atom is 0.355 e. The quantitative estimate of drug-likeness (QED) is 0.324. The van der Waals surface area contributed by atoms with Crippen molar-refractivity contribution in [2.24, 2.45) is 0 Å². The van der Waals surface area contributed by atoms with Gasteiger partial charge >= 0.3 is 5.97 Å². The average molecular weight is 467 g/mol. The Bertz CT molecular complexity index is 1180. The number of hydrogen-bond acceptors (Lipinski definition) is 6. The van der Waals surface area contributed by atoms with Gasteiger partial charge in [0, 0.05) is 23.4 Å². The minimum Gasteiger partial charge on any atom is -0.497 e. The predicted molar refractivity (Wildman–Crippen MR) is 126 cm³/mol. The summed E-state index contributed by atoms with van der Waals surface area (Å²) in [5, 5.41) is 0. The van der Waals surface area contributed by atoms with Gasteiger partial charge in [-0.15, -0.1) is 0 Å². The highest BCUT2D eigenvalue weighted by molar-refractivity contribution is 6.06. The van der Waals surface area contributed by atoms with Gasteiger partial charge in [0.25, 0.3) is 5.91 Å². The van der Waals surface area contributed by atoms with Crippen molar-refractivity contribution >= 4 is 17.7 Å². The van der Waals surface area contributed by atoms with E-state index in [0.717, 1.165) is 0 Å². The molecule has 0 aliphatic carbocycles. The van der Waals surface area contributed by atoms with Crippen molar-refractivity contribution in [3.05, 3.63) is 76.5 Å². The van der Waals surface area contributed by atoms with Gasteiger partial charge in [0.15, 0.2) is 5.78 Å². The molecule has 2 aromatic heterocycles. The van der Waals surface area contributed by atoms with Crippen molar-refractivity contribution in [3.8, 4) is 5.75 Å². The maximum atomic E-state index is 13.5. The van der Waals surface area contributed by atoms with Crippen molar-refractivity contribution < 1.29 is 28.3 Å². The lowest BCUT2D eigenvalue weighted by Gasteiger charge is -2.21. The number of carbonyl (C=O) groups excluding carboxylic acids is 3. The zero-order chi connectivity index (χ0) is 24.8. The topological polar surface area (TPSA) is 91.0 Å². The van der Waals surface area contributed by atoms with E-state index in [1.807, 2.05) is 6.92 Å². The normalized spacial score (nSPS) is 10.7. The van der Waals surface area contributed by atoms with Crippen LogP contribution in [0.15, 0.2) is 47.1 Å². The summed E-state index contributed by atoms with van der Waals surface area (Å²) >= 11 is 0. The van der Waals surface area contributed by atoms with Crippen molar-refractivity contribution in [2.75, 3.05) is 20.3 Å². The van der Waals surface area contributed by atoms with Gasteiger partial charge in [0.1, 0.15) is 17.2 Å². The summed E-state index contributed by atoms with van der Waals surface area (Å²) in [5.74, 6) is 0.0238. The van der Waals surface area contributed by atoms with Gasteiger partial charge in [-0.1, -0.05) is 6.07 Å². The second-order valence-electron chi connectivity index (χ2n) is 7.79. The van der Waals surface area contributed by atoms with E-state index in [4.69, 9.17) is 13.9 Å². The first-order valence-electron chi connectivity index (χ1n) is 11.2. The van der Waals surface area contributed by atoms with Crippen LogP contribution >= 0.6 is 0 Å². The van der Waals surface area contributed by atoms with Crippen LogP contribution < -0.4 is 4.74 Å². The number of amides is 1. The molecule has 0 spiro atoms. The van der Waals surface area contributed by atoms with Gasteiger partial charge < -0.3 is 23.4 Å². The highest BCUT2D eigenvalue weighted by Crippen LogP contribution is 2.25. The third-order valence-corrected chi connectivity index (χ3v) is 5.70. The molecule has 8 nitrogen and oxygen atoms in total. The number of benzene rings is 1. The summed E-state index contributed by atoms with van der Waals surface area (Å²) in [6, 6.07) is 10.3. The van der Waals surface area contributed by atoms with E-state index in [9.17, 15) is 14.4 Å². The van der Waals surface area contributed by atoms with Crippen LogP contribution in [0.4, 0.5) is 0 Å². The lowest BCUT2D eigenvalue weighted by atomic mass is 10.0. The number of rotatable bonds is 10. The molecule has 0 radical (unpaired) electrons. The molecule has 0 saturated carbocycles. The van der Waals surface area contributed by atoms with E-state index < -0.39 is 5.97 Å². The van der Waals surface area contributed by atoms with Gasteiger partial charge in [-0.05, 0) is 63.6 Å². The summed E-state index contributed by atoms with van der Waals surface area (Å²) < 4.78 is 17.7. The van der Waals surface area contributed by atoms with Gasteiger partial charge in [0.2, 0.25) is 0 Å². The third kappa shape index (κ3) is 5.06. The standard InChI is InChI=1S/C26H30N2O6/c1-6-28-18(4)23(17(3)24(28)26(31)33-7-2)22(29)16-27(15-21-12-9-13-34-21)25(30)19-10-8-11-20(14-19)32-5/h8-14H,6-7,15-16H2,1-5H3. The fourth-order valence-corrected chi connectivity index (χ4v) is 4.15. The van der Waals surface area contributed by atoms with E-state index >= 15 is 0 Å². The van der Waals surface area contributed by atoms with E-state index in [0.29, 0.717) is 46.1 Å². The Labute approximate surface area is 199 Å². The van der Waals surface area contributed by atoms with E-state index in [1.54, 1.807) is 61.7 Å². The van der Waals surface area contributed by atoms with E-state index in [-0.39, 0.29) is 31.4 Å². The Morgan fingerprint density at radius 2 is 1.85 bits per heavy atom. The van der Waals surface area contributed by atoms with E-state index in [1.165, 1.54) is 18.3 Å². The Morgan fingerprint density at radius 3 is 2.47 bits per heavy atom. The summed E-state index contributed by atoms with van der Waals surface area (Å²) in [6.07, 6.45) is 1.52. The van der Waals surface area contributed by atoms with Crippen LogP contribution in [0.1, 0.15) is 62.1 Å². The zero-order valence-electron chi connectivity index (χ0n) is 20.2. The smallest absolute Gasteiger partial charge is 0.355 e. The summed E-state index contributed by atoms with van der Waals surface area (Å²) in [5.41, 5.74) is 2.40. The number of ether oxygens (including phenoxy) is 2. The second-order valence-corrected chi connectivity index (χ2v) is 7.79. The van der Waals surface area contributed by atoms with Crippen LogP contribution in [-0.4, -0.2) is 47.4 Å². The predicted octanol–water partition coefficient (Wildman–Crippen LogP) is 4.43. The summed E-state index contributed by atoms with van der Waals surface area (Å²) in [4.78, 5) is 40.9. The molecule has 0 aliphatic heterocycles. The summed E-state index contributed by atoms with van der Waals surface area (Å²) in [7, 11) is 1.53. The molecule has 3 aromatic rings. The first-order valence-corrected chi connectivity index (χ1v) is 11.2. The fourth-order valence-electron chi connectivity index (χ4n) is 4.15. The van der Waals surface area contributed by atoms with Crippen LogP contribution in [0.25, 0.3) is 0 Å². The number of ketones is 1. The molecule has 1 aromatic carbocycles. The molecule has 0 saturated heterocycles. The Morgan fingerprint density at radius 1 is 1.09 bits per heavy atom. The number of methoxy groups -OCH3 is 1. The molecule has 0 unspecified atom stereocenters. The highest BCUT2D eigenvalue weighted by Gasteiger charge is 2.29. The average Bonchev–Trinajstić information content (AvgIpc) is 3.43. The first kappa shape index (κ1) is 24.8. The Kier molecular flexibility index (Phi) is 7.94. The molecule has 34 heavy (non-hydrogen) atoms. The highest BCUT2D eigenvalue weighted by atomic mass is 16.5. The van der Waals surface area contributed by atoms with Crippen molar-refractivity contribution in [1.29, 1.82) is 0 Å². The molecule has 1 amide bonds. The number of carbonyl (C=O) groups is 3. The molecule has 180 valence electrons. The SMILES string of the molecule is CCOC(=O)c1c(C)c(C(=O)CN(Cc2ccco2)C(=O)c2cccc(OC)c2)c(C)n1CC. The van der Waals surface area contributed by atoms with Crippen LogP contribution in [0.5, 0.6) is 5.75 Å². The number of hydrogen-bond donors (Lipinski definition) is 0. The molecule has 3 rings (SSSR count). The Balaban J connectivity index is 1.97. The summed E-state index contributed by atoms with van der Waals surface area (Å²) in [6.45, 7) is 7.85. The number of aromatic nitrogens is 1. The van der Waals surface area contributed by atoms with Crippen molar-refractivity contribution in [3.63, 3.8) is 0 Å². The molecular weight excluding hydrogens is 436 g/mol. The molecule has 8 heteroatoms. The monoisotopic (exact) mass is 466 g/mol. The molecule has 0 aliphatic rings. The molecule has 0 N–H and O–H groups in total. The lowest BCUT2D eigenvalue weighted by Crippen LogP contribution is -2.35. The lowest BCUT2D eigenvalue weighted by molar-refractivity contribution is 0.0512. The fraction of sp³-hybridized carbons (Fsp3) is 0.346. The minimum absolute atomic E-state index is 0.117. The van der Waals surface area contributed by atoms with Gasteiger partial charge in [-0.2, -0.15) is 0 Å². The first-order chi connectivity index (χ1) is 16.3. The third-order valence-electron chi connectivity index (χ3n) is 5.70. The Hall–Kier alpha value is -3.81. The van der Waals surface area contributed by atoms with Crippen LogP contribution in [0.2, 0.25) is 0 Å². The number of Topliss-reactive ketones (excluding diaryl/α,β-unsaturated/α-hetero) is 1. The van der Waals surface area contributed by atoms with Gasteiger partial charge in [0.05, 0.1) is 33.1 Å². The van der Waals surface area contributed by atoms with Crippen LogP contribution in [0, 0.1) is 13.8 Å². The van der Waals surface area contributed by atoms with Gasteiger partial charge in [-0.3, -0.25) is 9.59 Å². The number of esters is 1. The molecule has 0 bridgehead atoms. The number of furan rings is 1. The zero-order valence-corrected chi connectivity index (χ0v) is 20.2. The van der Waals surface area contributed by atoms with Crippen LogP contribution in [0.3, 0.4) is 0 Å². The molecule has 0 fully saturated rings. The molecular formula is C26H30N2O6. The van der Waals surface area contributed by atoms with Crippen LogP contribution in [-0.2, 0) is 17.8 Å². The number of nitrogens with zero attached hydrogens (tertiary/aromatic N) is 2. The van der Waals surface area contributed by atoms with E-state index in [2.05, 4.69) is 0 Å². The van der Waals surface area contributed by atoms with Crippen molar-refractivity contribution in [2.45, 2.75) is 40.8 Å². The maximum absolute atomic E-state index is 13.5. The minimum atomic E-state index is -0.469.